The molecule has 0 spiro atoms. The molecule has 5 fully saturated rings. The lowest BCUT2D eigenvalue weighted by atomic mass is 9.98. The summed E-state index contributed by atoms with van der Waals surface area (Å²) < 4.78 is 145. The van der Waals surface area contributed by atoms with Crippen LogP contribution in [0.25, 0.3) is 44.8 Å². The molecule has 93 heavy (non-hydrogen) atoms. The zero-order chi connectivity index (χ0) is 66.7. The molecule has 2 amide bonds. The second kappa shape index (κ2) is 32.0. The molecule has 14 nitrogen and oxygen atoms in total. The number of aromatic nitrogens is 6. The number of aryl methyl sites for hydroxylation is 4. The Balaban J connectivity index is 0.000000191. The third-order valence-corrected chi connectivity index (χ3v) is 17.8. The third-order valence-electron chi connectivity index (χ3n) is 17.8. The largest absolute Gasteiger partial charge is 0.396 e. The predicted molar refractivity (Wildman–Crippen MR) is 348 cm³/mol. The summed E-state index contributed by atoms with van der Waals surface area (Å²) in [5.74, 6) is -11.2. The van der Waals surface area contributed by atoms with Gasteiger partial charge in [0.25, 0.3) is 5.92 Å². The first kappa shape index (κ1) is 73.5. The van der Waals surface area contributed by atoms with Gasteiger partial charge in [0.1, 0.15) is 23.3 Å². The molecule has 2 aromatic carbocycles. The smallest absolute Gasteiger partial charge is 0.321 e. The summed E-state index contributed by atoms with van der Waals surface area (Å²) in [5.41, 5.74) is 14.5. The van der Waals surface area contributed by atoms with Crippen LogP contribution in [0.2, 0.25) is 0 Å². The van der Waals surface area contributed by atoms with Gasteiger partial charge >= 0.3 is 6.03 Å². The van der Waals surface area contributed by atoms with Gasteiger partial charge in [-0.2, -0.15) is 10.2 Å². The Labute approximate surface area is 545 Å². The first-order chi connectivity index (χ1) is 43.4. The summed E-state index contributed by atoms with van der Waals surface area (Å²) in [6.45, 7) is 13.2. The van der Waals surface area contributed by atoms with Crippen molar-refractivity contribution in [3.63, 3.8) is 0 Å². The van der Waals surface area contributed by atoms with E-state index in [1.807, 2.05) is 57.7 Å². The fourth-order valence-electron chi connectivity index (χ4n) is 12.2. The molecule has 7 heterocycles. The van der Waals surface area contributed by atoms with E-state index in [1.165, 1.54) is 17.0 Å². The number of morpholine rings is 2. The SMILES string of the molecule is CC(F)(F)C1=CCCC1.CC(F)(F)C1CCCC1.CC(F)(F)C1CCCC1.Cc1cc(F)c(N)cc1-c1cc(-c2cnn(C)c2)nc(N2CCOCC2)c1.Cc1cc(F)c(NC(=O)N2CCC(C(C)(F)F)C2)cc1-c1cc(-c2cnn(C)c2)nc(N2CCOCC2)c1.Cl. The highest BCUT2D eigenvalue weighted by atomic mass is 35.5. The fraction of sp³-hybridized carbons (Fsp3) is 0.544. The molecule has 12 rings (SSSR count). The number of likely N-dealkylation sites (tertiary alicyclic amines) is 1. The molecule has 3 aliphatic carbocycles. The maximum atomic E-state index is 15.0. The minimum atomic E-state index is -2.87. The van der Waals surface area contributed by atoms with Crippen molar-refractivity contribution < 1.29 is 58.2 Å². The molecule has 6 aliphatic rings. The van der Waals surface area contributed by atoms with E-state index >= 15 is 0 Å². The molecule has 0 radical (unpaired) electrons. The Morgan fingerprint density at radius 1 is 0.570 bits per heavy atom. The van der Waals surface area contributed by atoms with E-state index in [0.717, 1.165) is 167 Å². The molecule has 6 aromatic rings. The van der Waals surface area contributed by atoms with Gasteiger partial charge in [-0.15, -0.1) is 12.4 Å². The Hall–Kier alpha value is -6.92. The molecular formula is C68H88ClF10N11O3. The van der Waals surface area contributed by atoms with Gasteiger partial charge in [-0.3, -0.25) is 9.36 Å². The molecule has 3 saturated heterocycles. The number of carbonyl (C=O) groups excluding carboxylic acids is 1. The molecule has 3 aliphatic heterocycles. The Morgan fingerprint density at radius 3 is 1.38 bits per heavy atom. The Morgan fingerprint density at radius 2 is 1.01 bits per heavy atom. The molecule has 3 N–H and O–H groups in total. The number of ether oxygens (including phenoxy) is 2. The van der Waals surface area contributed by atoms with Crippen molar-refractivity contribution in [3.8, 4) is 44.8 Å². The summed E-state index contributed by atoms with van der Waals surface area (Å²) in [7, 11) is 3.71. The van der Waals surface area contributed by atoms with E-state index in [9.17, 15) is 48.7 Å². The van der Waals surface area contributed by atoms with Crippen LogP contribution in [0.15, 0.2) is 85.0 Å². The number of hydrogen-bond donors (Lipinski definition) is 2. The molecule has 25 heteroatoms. The number of benzene rings is 2. The summed E-state index contributed by atoms with van der Waals surface area (Å²) >= 11 is 0. The van der Waals surface area contributed by atoms with Crippen molar-refractivity contribution in [2.75, 3.05) is 86.5 Å². The molecule has 1 atom stereocenters. The summed E-state index contributed by atoms with van der Waals surface area (Å²) in [4.78, 5) is 28.2. The van der Waals surface area contributed by atoms with Gasteiger partial charge in [0.2, 0.25) is 17.8 Å². The van der Waals surface area contributed by atoms with Crippen molar-refractivity contribution in [1.29, 1.82) is 0 Å². The van der Waals surface area contributed by atoms with Crippen LogP contribution < -0.4 is 20.9 Å². The van der Waals surface area contributed by atoms with Gasteiger partial charge in [-0.05, 0) is 173 Å². The summed E-state index contributed by atoms with van der Waals surface area (Å²) in [6, 6.07) is 13.4. The van der Waals surface area contributed by atoms with Crippen LogP contribution >= 0.6 is 12.4 Å². The highest BCUT2D eigenvalue weighted by molar-refractivity contribution is 5.91. The number of hydrogen-bond acceptors (Lipinski definition) is 10. The van der Waals surface area contributed by atoms with E-state index < -0.39 is 47.3 Å². The number of nitrogens with zero attached hydrogens (tertiary/aromatic N) is 9. The predicted octanol–water partition coefficient (Wildman–Crippen LogP) is 16.8. The van der Waals surface area contributed by atoms with Crippen LogP contribution in [0.1, 0.15) is 116 Å². The Kier molecular flexibility index (Phi) is 25.3. The maximum Gasteiger partial charge on any atom is 0.321 e. The van der Waals surface area contributed by atoms with E-state index in [0.29, 0.717) is 57.1 Å². The summed E-state index contributed by atoms with van der Waals surface area (Å²) in [6.07, 6.45) is 18.4. The van der Waals surface area contributed by atoms with Crippen LogP contribution in [-0.2, 0) is 23.6 Å². The quantitative estimate of drug-likeness (QED) is 0.0731. The van der Waals surface area contributed by atoms with Gasteiger partial charge in [0.05, 0.1) is 61.6 Å². The number of carbonyl (C=O) groups is 1. The monoisotopic (exact) mass is 1330 g/mol. The second-order valence-electron chi connectivity index (χ2n) is 25.2. The zero-order valence-electron chi connectivity index (χ0n) is 54.3. The number of nitrogens with one attached hydrogen (secondary N) is 1. The highest BCUT2D eigenvalue weighted by Crippen LogP contribution is 2.40. The molecule has 2 saturated carbocycles. The van der Waals surface area contributed by atoms with E-state index in [2.05, 4.69) is 25.3 Å². The average Bonchev–Trinajstić information content (AvgIpc) is 1.13. The lowest BCUT2D eigenvalue weighted by molar-refractivity contribution is -0.0372. The zero-order valence-corrected chi connectivity index (χ0v) is 55.1. The average molecular weight is 1330 g/mol. The van der Waals surface area contributed by atoms with Crippen LogP contribution in [0.3, 0.4) is 0 Å². The standard InChI is InChI=1S/C27H31F3N6O2.C20H22FN5O.2C7H12F2.C7H10F2.ClH/c1-17-10-22(28)24(33-26(37)36-5-4-20(16-36)27(2,29)30)13-21(17)18-11-23(19-14-31-34(3)15-19)32-25(12-18)35-6-8-38-9-7-35;1-13-7-17(21)18(22)10-16(13)14-8-19(15-11-23-25(2)12-15)24-20(9-14)26-3-5-27-6-4-26;3*1-7(8,9)6-4-2-3-5-6;/h10-15,20H,4-9,16H2,1-3H3,(H,33,37);7-12H,3-6,22H2,1-2H3;2*6H,2-5H2,1H3;4H,2-3,5H2,1H3;1H. The van der Waals surface area contributed by atoms with Gasteiger partial charge < -0.3 is 35.2 Å². The molecule has 1 unspecified atom stereocenters. The van der Waals surface area contributed by atoms with Crippen LogP contribution in [-0.4, -0.2) is 130 Å². The van der Waals surface area contributed by atoms with Crippen molar-refractivity contribution in [2.24, 2.45) is 31.8 Å². The van der Waals surface area contributed by atoms with E-state index in [4.69, 9.17) is 25.2 Å². The van der Waals surface area contributed by atoms with Crippen molar-refractivity contribution in [1.82, 2.24) is 34.4 Å². The first-order valence-corrected chi connectivity index (χ1v) is 31.7. The van der Waals surface area contributed by atoms with Crippen molar-refractivity contribution >= 4 is 41.4 Å². The van der Waals surface area contributed by atoms with E-state index in [1.54, 1.807) is 46.9 Å². The van der Waals surface area contributed by atoms with Crippen LogP contribution in [0.4, 0.5) is 71.7 Å². The normalized spacial score (nSPS) is 18.1. The van der Waals surface area contributed by atoms with Crippen LogP contribution in [0.5, 0.6) is 0 Å². The number of halogens is 11. The number of allylic oxidation sites excluding steroid dienone is 2. The number of amides is 2. The number of alkyl halides is 8. The van der Waals surface area contributed by atoms with Gasteiger partial charge in [-0.25, -0.2) is 58.7 Å². The van der Waals surface area contributed by atoms with E-state index in [-0.39, 0.29) is 55.1 Å². The number of anilines is 4. The lowest BCUT2D eigenvalue weighted by Gasteiger charge is -2.28. The number of rotatable bonds is 11. The number of nitrogens with two attached hydrogens (primary N) is 1. The molecule has 0 bridgehead atoms. The maximum absolute atomic E-state index is 15.0. The highest BCUT2D eigenvalue weighted by Gasteiger charge is 2.41. The number of nitrogen functional groups attached to an aromatic ring is 1. The first-order valence-electron chi connectivity index (χ1n) is 31.7. The van der Waals surface area contributed by atoms with Gasteiger partial charge in [0, 0.05) is 102 Å². The summed E-state index contributed by atoms with van der Waals surface area (Å²) in [5, 5.41) is 11.1. The second-order valence-corrected chi connectivity index (χ2v) is 25.2. The van der Waals surface area contributed by atoms with Gasteiger partial charge in [-0.1, -0.05) is 31.8 Å². The van der Waals surface area contributed by atoms with Crippen molar-refractivity contribution in [3.05, 3.63) is 108 Å². The van der Waals surface area contributed by atoms with Gasteiger partial charge in [0.15, 0.2) is 0 Å². The Bertz CT molecular complexity index is 3420. The molecular weight excluding hydrogens is 1240 g/mol. The van der Waals surface area contributed by atoms with Crippen molar-refractivity contribution in [2.45, 2.75) is 142 Å². The van der Waals surface area contributed by atoms with Crippen LogP contribution in [0, 0.1) is 43.2 Å². The molecule has 4 aromatic heterocycles. The topological polar surface area (TPSA) is 145 Å². The fourth-order valence-corrected chi connectivity index (χ4v) is 12.2. The number of pyridine rings is 2. The third kappa shape index (κ3) is 20.5. The number of urea groups is 1. The lowest BCUT2D eigenvalue weighted by Crippen LogP contribution is -2.36. The minimum Gasteiger partial charge on any atom is -0.396 e. The molecule has 510 valence electrons. The minimum absolute atomic E-state index is 0.